The van der Waals surface area contributed by atoms with Crippen LogP contribution < -0.4 is 9.47 Å². The fourth-order valence-corrected chi connectivity index (χ4v) is 3.04. The van der Waals surface area contributed by atoms with E-state index < -0.39 is 5.92 Å². The Kier molecular flexibility index (Phi) is 3.19. The summed E-state index contributed by atoms with van der Waals surface area (Å²) < 4.78 is 10.4. The first-order valence-electron chi connectivity index (χ1n) is 5.93. The van der Waals surface area contributed by atoms with Crippen molar-refractivity contribution in [2.24, 2.45) is 0 Å². The number of benzene rings is 1. The number of rotatable bonds is 4. The molecule has 0 saturated heterocycles. The van der Waals surface area contributed by atoms with E-state index in [0.717, 1.165) is 4.88 Å². The largest absolute Gasteiger partial charge is 0.507 e. The maximum absolute atomic E-state index is 10.9. The molecular weight excluding hydrogens is 282 g/mol. The van der Waals surface area contributed by atoms with E-state index >= 15 is 0 Å². The average molecular weight is 293 g/mol. The Balaban J connectivity index is 2.05. The van der Waals surface area contributed by atoms with Crippen LogP contribution in [0.25, 0.3) is 0 Å². The SMILES string of the molecule is O=[N+]([O-])C[C@@H](c1cccs1)c1cc2c(cc1O)OCO2. The van der Waals surface area contributed by atoms with Crippen molar-refractivity contribution >= 4 is 11.3 Å². The smallest absolute Gasteiger partial charge is 0.231 e. The van der Waals surface area contributed by atoms with Crippen LogP contribution in [0.4, 0.5) is 0 Å². The zero-order valence-electron chi connectivity index (χ0n) is 10.3. The van der Waals surface area contributed by atoms with E-state index in [1.807, 2.05) is 17.5 Å². The molecule has 1 aromatic carbocycles. The quantitative estimate of drug-likeness (QED) is 0.692. The number of aromatic hydroxyl groups is 1. The summed E-state index contributed by atoms with van der Waals surface area (Å²) in [5.41, 5.74) is 0.480. The Morgan fingerprint density at radius 2 is 2.15 bits per heavy atom. The minimum absolute atomic E-state index is 0.0190. The van der Waals surface area contributed by atoms with Gasteiger partial charge in [0.05, 0.1) is 5.92 Å². The van der Waals surface area contributed by atoms with Gasteiger partial charge in [0.1, 0.15) is 5.75 Å². The van der Waals surface area contributed by atoms with Gasteiger partial charge in [-0.15, -0.1) is 11.3 Å². The van der Waals surface area contributed by atoms with Crippen LogP contribution in [0.2, 0.25) is 0 Å². The van der Waals surface area contributed by atoms with Crippen LogP contribution in [-0.4, -0.2) is 23.4 Å². The summed E-state index contributed by atoms with van der Waals surface area (Å²) in [6.07, 6.45) is 0. The van der Waals surface area contributed by atoms with Crippen LogP contribution in [0.5, 0.6) is 17.2 Å². The molecule has 0 fully saturated rings. The Morgan fingerprint density at radius 3 is 2.80 bits per heavy atom. The van der Waals surface area contributed by atoms with Gasteiger partial charge in [-0.05, 0) is 17.5 Å². The molecular formula is C13H11NO5S. The molecule has 104 valence electrons. The molecule has 2 heterocycles. The third-order valence-corrected chi connectivity index (χ3v) is 4.10. The second-order valence-electron chi connectivity index (χ2n) is 4.35. The predicted octanol–water partition coefficient (Wildman–Crippen LogP) is 2.59. The molecule has 0 aliphatic carbocycles. The lowest BCUT2D eigenvalue weighted by Gasteiger charge is -2.14. The zero-order valence-corrected chi connectivity index (χ0v) is 11.1. The lowest BCUT2D eigenvalue weighted by Crippen LogP contribution is -2.13. The summed E-state index contributed by atoms with van der Waals surface area (Å²) in [4.78, 5) is 11.3. The normalized spacial score (nSPS) is 14.2. The van der Waals surface area contributed by atoms with Gasteiger partial charge in [-0.2, -0.15) is 0 Å². The van der Waals surface area contributed by atoms with Crippen LogP contribution in [0.1, 0.15) is 16.4 Å². The average Bonchev–Trinajstić information content (AvgIpc) is 3.05. The van der Waals surface area contributed by atoms with E-state index in [1.54, 1.807) is 6.07 Å². The van der Waals surface area contributed by atoms with E-state index in [2.05, 4.69) is 0 Å². The standard InChI is InChI=1S/C13H11NO5S/c15-10-5-12-11(18-7-19-12)4-8(10)9(6-14(16)17)13-2-1-3-20-13/h1-5,9,15H,6-7H2/t9-/m1/s1. The van der Waals surface area contributed by atoms with Crippen molar-refractivity contribution in [2.75, 3.05) is 13.3 Å². The molecule has 3 rings (SSSR count). The second kappa shape index (κ2) is 5.01. The summed E-state index contributed by atoms with van der Waals surface area (Å²) in [6.45, 7) is -0.190. The maximum atomic E-state index is 10.9. The Hall–Kier alpha value is -2.28. The third kappa shape index (κ3) is 2.27. The van der Waals surface area contributed by atoms with Crippen LogP contribution in [0, 0.1) is 10.1 Å². The maximum Gasteiger partial charge on any atom is 0.231 e. The van der Waals surface area contributed by atoms with E-state index in [4.69, 9.17) is 9.47 Å². The molecule has 0 spiro atoms. The number of phenolic OH excluding ortho intramolecular Hbond substituents is 1. The second-order valence-corrected chi connectivity index (χ2v) is 5.33. The molecule has 1 N–H and O–H groups in total. The summed E-state index contributed by atoms with van der Waals surface area (Å²) in [6, 6.07) is 6.71. The van der Waals surface area contributed by atoms with Crippen molar-refractivity contribution in [3.8, 4) is 17.2 Å². The number of nitro groups is 1. The highest BCUT2D eigenvalue weighted by Gasteiger charge is 2.27. The number of phenols is 1. The summed E-state index contributed by atoms with van der Waals surface area (Å²) in [5.74, 6) is 0.439. The van der Waals surface area contributed by atoms with E-state index in [1.165, 1.54) is 17.4 Å². The van der Waals surface area contributed by atoms with Gasteiger partial charge in [-0.25, -0.2) is 0 Å². The number of hydrogen-bond donors (Lipinski definition) is 1. The Bertz CT molecular complexity index is 640. The molecule has 6 nitrogen and oxygen atoms in total. The molecule has 20 heavy (non-hydrogen) atoms. The number of thiophene rings is 1. The molecule has 1 aliphatic rings. The van der Waals surface area contributed by atoms with Crippen molar-refractivity contribution in [3.05, 3.63) is 50.2 Å². The highest BCUT2D eigenvalue weighted by Crippen LogP contribution is 2.42. The third-order valence-electron chi connectivity index (χ3n) is 3.12. The molecule has 0 unspecified atom stereocenters. The fraction of sp³-hybridized carbons (Fsp3) is 0.231. The predicted molar refractivity (Wildman–Crippen MR) is 72.3 cm³/mol. The number of hydrogen-bond acceptors (Lipinski definition) is 6. The molecule has 0 radical (unpaired) electrons. The first-order chi connectivity index (χ1) is 9.65. The topological polar surface area (TPSA) is 81.8 Å². The van der Waals surface area contributed by atoms with Gasteiger partial charge in [0.2, 0.25) is 13.3 Å². The van der Waals surface area contributed by atoms with E-state index in [9.17, 15) is 15.2 Å². The van der Waals surface area contributed by atoms with Crippen molar-refractivity contribution in [1.82, 2.24) is 0 Å². The summed E-state index contributed by atoms with van der Waals surface area (Å²) >= 11 is 1.42. The van der Waals surface area contributed by atoms with Gasteiger partial charge in [-0.1, -0.05) is 6.07 Å². The molecule has 0 saturated carbocycles. The Labute approximate surface area is 118 Å². The zero-order chi connectivity index (χ0) is 14.1. The summed E-state index contributed by atoms with van der Waals surface area (Å²) in [5, 5.41) is 22.9. The molecule has 7 heteroatoms. The van der Waals surface area contributed by atoms with Crippen LogP contribution in [0.15, 0.2) is 29.6 Å². The van der Waals surface area contributed by atoms with Crippen molar-refractivity contribution in [2.45, 2.75) is 5.92 Å². The number of fused-ring (bicyclic) bond motifs is 1. The molecule has 1 aliphatic heterocycles. The van der Waals surface area contributed by atoms with Crippen molar-refractivity contribution < 1.29 is 19.5 Å². The Morgan fingerprint density at radius 1 is 1.40 bits per heavy atom. The van der Waals surface area contributed by atoms with E-state index in [0.29, 0.717) is 17.1 Å². The molecule has 1 atom stereocenters. The molecule has 0 bridgehead atoms. The lowest BCUT2D eigenvalue weighted by atomic mass is 9.96. The monoisotopic (exact) mass is 293 g/mol. The van der Waals surface area contributed by atoms with Gasteiger partial charge in [0.25, 0.3) is 0 Å². The highest BCUT2D eigenvalue weighted by atomic mass is 32.1. The lowest BCUT2D eigenvalue weighted by molar-refractivity contribution is -0.481. The molecule has 2 aromatic rings. The first kappa shape index (κ1) is 12.7. The van der Waals surface area contributed by atoms with Gasteiger partial charge < -0.3 is 14.6 Å². The van der Waals surface area contributed by atoms with Crippen LogP contribution in [0.3, 0.4) is 0 Å². The number of nitrogens with zero attached hydrogens (tertiary/aromatic N) is 1. The van der Waals surface area contributed by atoms with Crippen LogP contribution >= 0.6 is 11.3 Å². The fourth-order valence-electron chi connectivity index (χ4n) is 2.21. The van der Waals surface area contributed by atoms with Gasteiger partial charge in [0, 0.05) is 21.4 Å². The highest BCUT2D eigenvalue weighted by molar-refractivity contribution is 7.10. The minimum Gasteiger partial charge on any atom is -0.507 e. The van der Waals surface area contributed by atoms with Crippen molar-refractivity contribution in [3.63, 3.8) is 0 Å². The summed E-state index contributed by atoms with van der Waals surface area (Å²) in [7, 11) is 0. The van der Waals surface area contributed by atoms with Crippen molar-refractivity contribution in [1.29, 1.82) is 0 Å². The molecule has 0 amide bonds. The van der Waals surface area contributed by atoms with Crippen LogP contribution in [-0.2, 0) is 0 Å². The van der Waals surface area contributed by atoms with E-state index in [-0.39, 0.29) is 24.0 Å². The number of ether oxygens (including phenoxy) is 2. The van der Waals surface area contributed by atoms with Gasteiger partial charge >= 0.3 is 0 Å². The van der Waals surface area contributed by atoms with Gasteiger partial charge in [0.15, 0.2) is 11.5 Å². The van der Waals surface area contributed by atoms with Gasteiger partial charge in [-0.3, -0.25) is 10.1 Å². The minimum atomic E-state index is -0.500. The first-order valence-corrected chi connectivity index (χ1v) is 6.81. The molecule has 1 aromatic heterocycles.